The number of aryl methyl sites for hydroxylation is 1. The summed E-state index contributed by atoms with van der Waals surface area (Å²) in [6.07, 6.45) is 1.38. The van der Waals surface area contributed by atoms with Crippen molar-refractivity contribution in [1.29, 1.82) is 0 Å². The molecular formula is C13H15N5O3. The van der Waals surface area contributed by atoms with Gasteiger partial charge in [-0.05, 0) is 6.92 Å². The summed E-state index contributed by atoms with van der Waals surface area (Å²) in [5, 5.41) is 6.32. The molecule has 0 saturated carbocycles. The number of nitrogens with zero attached hydrogens (tertiary/aromatic N) is 4. The summed E-state index contributed by atoms with van der Waals surface area (Å²) in [4.78, 5) is 22.4. The Labute approximate surface area is 121 Å². The lowest BCUT2D eigenvalue weighted by Gasteiger charge is -2.27. The molecule has 1 saturated heterocycles. The van der Waals surface area contributed by atoms with Crippen molar-refractivity contribution in [2.45, 2.75) is 6.92 Å². The first kappa shape index (κ1) is 13.5. The van der Waals surface area contributed by atoms with Gasteiger partial charge < -0.3 is 14.2 Å². The minimum atomic E-state index is -0.358. The highest BCUT2D eigenvalue weighted by molar-refractivity contribution is 6.02. The van der Waals surface area contributed by atoms with Gasteiger partial charge in [0.2, 0.25) is 5.88 Å². The number of carbonyl (C=O) groups is 1. The summed E-state index contributed by atoms with van der Waals surface area (Å²) < 4.78 is 10.2. The van der Waals surface area contributed by atoms with Crippen molar-refractivity contribution in [3.63, 3.8) is 0 Å². The Morgan fingerprint density at radius 2 is 2.10 bits per heavy atom. The Bertz CT molecular complexity index is 636. The molecule has 0 aromatic carbocycles. The summed E-state index contributed by atoms with van der Waals surface area (Å²) in [6, 6.07) is 3.30. The van der Waals surface area contributed by atoms with E-state index in [1.54, 1.807) is 19.1 Å². The minimum Gasteiger partial charge on any atom is -0.378 e. The molecule has 3 rings (SSSR count). The van der Waals surface area contributed by atoms with Gasteiger partial charge in [-0.15, -0.1) is 0 Å². The molecule has 0 atom stereocenters. The monoisotopic (exact) mass is 289 g/mol. The van der Waals surface area contributed by atoms with Crippen molar-refractivity contribution in [3.8, 4) is 0 Å². The van der Waals surface area contributed by atoms with Crippen LogP contribution < -0.4 is 10.2 Å². The highest BCUT2D eigenvalue weighted by Crippen LogP contribution is 2.14. The van der Waals surface area contributed by atoms with Gasteiger partial charge in [-0.2, -0.15) is 0 Å². The smallest absolute Gasteiger partial charge is 0.276 e. The van der Waals surface area contributed by atoms with E-state index in [1.807, 2.05) is 0 Å². The third kappa shape index (κ3) is 3.16. The van der Waals surface area contributed by atoms with Gasteiger partial charge in [0.1, 0.15) is 17.8 Å². The fourth-order valence-electron chi connectivity index (χ4n) is 2.04. The van der Waals surface area contributed by atoms with Crippen molar-refractivity contribution in [3.05, 3.63) is 29.8 Å². The molecular weight excluding hydrogens is 274 g/mol. The van der Waals surface area contributed by atoms with Crippen LogP contribution in [-0.4, -0.2) is 47.3 Å². The lowest BCUT2D eigenvalue weighted by Crippen LogP contribution is -2.37. The van der Waals surface area contributed by atoms with E-state index in [4.69, 9.17) is 9.26 Å². The molecule has 0 radical (unpaired) electrons. The quantitative estimate of drug-likeness (QED) is 0.895. The van der Waals surface area contributed by atoms with E-state index in [1.165, 1.54) is 6.33 Å². The van der Waals surface area contributed by atoms with Crippen LogP contribution in [0.4, 0.5) is 11.7 Å². The highest BCUT2D eigenvalue weighted by atomic mass is 16.5. The zero-order valence-corrected chi connectivity index (χ0v) is 11.6. The van der Waals surface area contributed by atoms with E-state index in [2.05, 4.69) is 25.3 Å². The first-order chi connectivity index (χ1) is 10.2. The Balaban J connectivity index is 1.74. The van der Waals surface area contributed by atoms with Gasteiger partial charge in [0.25, 0.3) is 5.91 Å². The normalized spacial score (nSPS) is 15.0. The molecule has 21 heavy (non-hydrogen) atoms. The number of hydrogen-bond donors (Lipinski definition) is 1. The lowest BCUT2D eigenvalue weighted by atomic mass is 10.3. The van der Waals surface area contributed by atoms with Crippen molar-refractivity contribution in [1.82, 2.24) is 15.1 Å². The molecule has 0 spiro atoms. The molecule has 8 heteroatoms. The van der Waals surface area contributed by atoms with E-state index in [9.17, 15) is 4.79 Å². The molecule has 1 aliphatic rings. The minimum absolute atomic E-state index is 0.278. The molecule has 0 unspecified atom stereocenters. The number of hydrogen-bond acceptors (Lipinski definition) is 7. The fourth-order valence-corrected chi connectivity index (χ4v) is 2.04. The summed E-state index contributed by atoms with van der Waals surface area (Å²) >= 11 is 0. The first-order valence-corrected chi connectivity index (χ1v) is 6.62. The molecule has 1 aliphatic heterocycles. The maximum absolute atomic E-state index is 12.1. The molecule has 3 heterocycles. The topological polar surface area (TPSA) is 93.4 Å². The average molecular weight is 289 g/mol. The molecule has 1 N–H and O–H groups in total. The molecule has 0 aliphatic carbocycles. The zero-order valence-electron chi connectivity index (χ0n) is 11.6. The molecule has 2 aromatic rings. The zero-order chi connectivity index (χ0) is 14.7. The number of nitrogens with one attached hydrogen (secondary N) is 1. The van der Waals surface area contributed by atoms with Crippen LogP contribution in [0, 0.1) is 6.92 Å². The molecule has 2 aromatic heterocycles. The third-order valence-corrected chi connectivity index (χ3v) is 3.09. The van der Waals surface area contributed by atoms with Gasteiger partial charge in [0.05, 0.1) is 18.9 Å². The van der Waals surface area contributed by atoms with Crippen molar-refractivity contribution in [2.24, 2.45) is 0 Å². The van der Waals surface area contributed by atoms with Crippen molar-refractivity contribution >= 4 is 17.6 Å². The second-order valence-corrected chi connectivity index (χ2v) is 4.65. The summed E-state index contributed by atoms with van der Waals surface area (Å²) in [7, 11) is 0. The van der Waals surface area contributed by atoms with Gasteiger partial charge in [-0.25, -0.2) is 9.97 Å². The van der Waals surface area contributed by atoms with Gasteiger partial charge in [0.15, 0.2) is 0 Å². The average Bonchev–Trinajstić information content (AvgIpc) is 2.93. The summed E-state index contributed by atoms with van der Waals surface area (Å²) in [5.74, 6) is 0.652. The Hall–Kier alpha value is -2.48. The molecule has 1 fully saturated rings. The van der Waals surface area contributed by atoms with Crippen LogP contribution in [0.3, 0.4) is 0 Å². The van der Waals surface area contributed by atoms with E-state index in [-0.39, 0.29) is 11.6 Å². The Morgan fingerprint density at radius 1 is 1.29 bits per heavy atom. The van der Waals surface area contributed by atoms with Crippen LogP contribution in [0.1, 0.15) is 16.2 Å². The van der Waals surface area contributed by atoms with E-state index >= 15 is 0 Å². The van der Waals surface area contributed by atoms with Gasteiger partial charge >= 0.3 is 0 Å². The van der Waals surface area contributed by atoms with Crippen LogP contribution in [0.15, 0.2) is 23.0 Å². The number of morpholine rings is 1. The second kappa shape index (κ2) is 5.88. The number of anilines is 2. The standard InChI is InChI=1S/C13H15N5O3/c1-9-6-12(21-17-9)16-13(19)10-7-11(15-8-14-10)18-2-4-20-5-3-18/h6-8H,2-5H2,1H3,(H,16,19). The molecule has 0 bridgehead atoms. The number of aromatic nitrogens is 3. The SMILES string of the molecule is Cc1cc(NC(=O)c2cc(N3CCOCC3)ncn2)on1. The summed E-state index contributed by atoms with van der Waals surface area (Å²) in [6.45, 7) is 4.59. The third-order valence-electron chi connectivity index (χ3n) is 3.09. The predicted octanol–water partition coefficient (Wildman–Crippen LogP) is 0.862. The van der Waals surface area contributed by atoms with Crippen molar-refractivity contribution in [2.75, 3.05) is 36.5 Å². The molecule has 1 amide bonds. The van der Waals surface area contributed by atoms with E-state index < -0.39 is 0 Å². The fraction of sp³-hybridized carbons (Fsp3) is 0.385. The number of amides is 1. The van der Waals surface area contributed by atoms with Gasteiger partial charge in [-0.3, -0.25) is 10.1 Å². The molecule has 8 nitrogen and oxygen atoms in total. The van der Waals surface area contributed by atoms with E-state index in [0.717, 1.165) is 13.1 Å². The van der Waals surface area contributed by atoms with Crippen LogP contribution >= 0.6 is 0 Å². The Morgan fingerprint density at radius 3 is 2.81 bits per heavy atom. The number of rotatable bonds is 3. The van der Waals surface area contributed by atoms with Crippen LogP contribution in [-0.2, 0) is 4.74 Å². The molecule has 110 valence electrons. The number of carbonyl (C=O) groups excluding carboxylic acids is 1. The van der Waals surface area contributed by atoms with Crippen LogP contribution in [0.2, 0.25) is 0 Å². The maximum atomic E-state index is 12.1. The summed E-state index contributed by atoms with van der Waals surface area (Å²) in [5.41, 5.74) is 0.975. The van der Waals surface area contributed by atoms with Crippen LogP contribution in [0.25, 0.3) is 0 Å². The van der Waals surface area contributed by atoms with Gasteiger partial charge in [-0.1, -0.05) is 5.16 Å². The largest absolute Gasteiger partial charge is 0.378 e. The number of ether oxygens (including phenoxy) is 1. The van der Waals surface area contributed by atoms with E-state index in [0.29, 0.717) is 30.6 Å². The highest BCUT2D eigenvalue weighted by Gasteiger charge is 2.16. The maximum Gasteiger partial charge on any atom is 0.276 e. The first-order valence-electron chi connectivity index (χ1n) is 6.62. The van der Waals surface area contributed by atoms with Crippen LogP contribution in [0.5, 0.6) is 0 Å². The van der Waals surface area contributed by atoms with Gasteiger partial charge in [0, 0.05) is 25.2 Å². The van der Waals surface area contributed by atoms with Crippen molar-refractivity contribution < 1.29 is 14.1 Å². The second-order valence-electron chi connectivity index (χ2n) is 4.65. The lowest BCUT2D eigenvalue weighted by molar-refractivity contribution is 0.101. The predicted molar refractivity (Wildman–Crippen MR) is 74.3 cm³/mol. The Kier molecular flexibility index (Phi) is 3.78.